The lowest BCUT2D eigenvalue weighted by atomic mass is 9.87. The fourth-order valence-electron chi connectivity index (χ4n) is 2.48. The summed E-state index contributed by atoms with van der Waals surface area (Å²) in [7, 11) is 0. The smallest absolute Gasteiger partial charge is 0.405 e. The van der Waals surface area contributed by atoms with Crippen molar-refractivity contribution in [2.45, 2.75) is 26.8 Å². The highest BCUT2D eigenvalue weighted by Gasteiger charge is 2.30. The molecule has 0 aliphatic heterocycles. The number of nitrogens with zero attached hydrogens (tertiary/aromatic N) is 2. The summed E-state index contributed by atoms with van der Waals surface area (Å²) in [4.78, 5) is 23.2. The highest BCUT2D eigenvalue weighted by molar-refractivity contribution is 7.10. The summed E-state index contributed by atoms with van der Waals surface area (Å²) in [6, 6.07) is 3.52. The second kappa shape index (κ2) is 5.66. The number of amides is 1. The molecule has 3 aromatic heterocycles. The third kappa shape index (κ3) is 3.05. The van der Waals surface area contributed by atoms with Crippen molar-refractivity contribution in [2.24, 2.45) is 5.41 Å². The van der Waals surface area contributed by atoms with Gasteiger partial charge in [0.1, 0.15) is 10.7 Å². The molecular weight excluding hydrogens is 312 g/mol. The molecule has 0 aliphatic rings. The Hall–Kier alpha value is -2.41. The van der Waals surface area contributed by atoms with E-state index in [1.807, 2.05) is 44.5 Å². The van der Waals surface area contributed by atoms with Gasteiger partial charge in [-0.3, -0.25) is 0 Å². The number of hydrogen-bond acceptors (Lipinski definition) is 4. The molecule has 7 heteroatoms. The van der Waals surface area contributed by atoms with Crippen LogP contribution in [0.15, 0.2) is 29.9 Å². The maximum Gasteiger partial charge on any atom is 0.405 e. The van der Waals surface area contributed by atoms with Gasteiger partial charge < -0.3 is 15.4 Å². The van der Waals surface area contributed by atoms with Gasteiger partial charge >= 0.3 is 6.09 Å². The van der Waals surface area contributed by atoms with Gasteiger partial charge in [-0.1, -0.05) is 20.8 Å². The molecule has 23 heavy (non-hydrogen) atoms. The minimum absolute atomic E-state index is 0.269. The van der Waals surface area contributed by atoms with Crippen LogP contribution >= 0.6 is 11.3 Å². The molecule has 3 N–H and O–H groups in total. The number of aromatic nitrogens is 3. The van der Waals surface area contributed by atoms with E-state index in [4.69, 9.17) is 5.11 Å². The van der Waals surface area contributed by atoms with E-state index in [2.05, 4.69) is 20.3 Å². The zero-order valence-corrected chi connectivity index (χ0v) is 13.9. The van der Waals surface area contributed by atoms with Crippen molar-refractivity contribution in [3.05, 3.63) is 34.9 Å². The fraction of sp³-hybridized carbons (Fsp3) is 0.312. The quantitative estimate of drug-likeness (QED) is 0.676. The van der Waals surface area contributed by atoms with Crippen molar-refractivity contribution < 1.29 is 9.90 Å². The maximum absolute atomic E-state index is 11.1. The first kappa shape index (κ1) is 15.5. The number of aromatic amines is 1. The predicted octanol–water partition coefficient (Wildman–Crippen LogP) is 4.04. The highest BCUT2D eigenvalue weighted by Crippen LogP contribution is 2.37. The number of hydrogen-bond donors (Lipinski definition) is 3. The Labute approximate surface area is 137 Å². The topological polar surface area (TPSA) is 90.9 Å². The van der Waals surface area contributed by atoms with Crippen LogP contribution in [-0.4, -0.2) is 26.2 Å². The predicted molar refractivity (Wildman–Crippen MR) is 90.6 cm³/mol. The Kier molecular flexibility index (Phi) is 3.81. The third-order valence-corrected chi connectivity index (χ3v) is 4.54. The van der Waals surface area contributed by atoms with E-state index in [1.165, 1.54) is 11.3 Å². The number of rotatable bonds is 3. The monoisotopic (exact) mass is 330 g/mol. The van der Waals surface area contributed by atoms with Crippen LogP contribution in [0.1, 0.15) is 31.8 Å². The molecular formula is C16H18N4O2S. The summed E-state index contributed by atoms with van der Waals surface area (Å²) in [6.45, 7) is 5.97. The van der Waals surface area contributed by atoms with Gasteiger partial charge in [-0.25, -0.2) is 14.8 Å². The van der Waals surface area contributed by atoms with Crippen LogP contribution in [0.2, 0.25) is 0 Å². The van der Waals surface area contributed by atoms with Crippen molar-refractivity contribution in [3.63, 3.8) is 0 Å². The first-order valence-corrected chi connectivity index (χ1v) is 8.11. The summed E-state index contributed by atoms with van der Waals surface area (Å²) in [5.74, 6) is 0. The fourth-order valence-corrected chi connectivity index (χ4v) is 3.60. The largest absolute Gasteiger partial charge is 0.465 e. The number of carboxylic acid groups (broad SMARTS) is 1. The summed E-state index contributed by atoms with van der Waals surface area (Å²) >= 11 is 1.46. The molecule has 1 atom stereocenters. The first-order chi connectivity index (χ1) is 10.9. The number of carbonyl (C=O) groups is 1. The Morgan fingerprint density at radius 2 is 2.22 bits per heavy atom. The summed E-state index contributed by atoms with van der Waals surface area (Å²) in [5, 5.41) is 15.4. The van der Waals surface area contributed by atoms with E-state index in [9.17, 15) is 4.79 Å². The number of H-pyrrole nitrogens is 1. The van der Waals surface area contributed by atoms with Crippen LogP contribution in [0.5, 0.6) is 0 Å². The van der Waals surface area contributed by atoms with Gasteiger partial charge in [0, 0.05) is 28.7 Å². The van der Waals surface area contributed by atoms with E-state index in [-0.39, 0.29) is 11.5 Å². The van der Waals surface area contributed by atoms with Gasteiger partial charge in [0.2, 0.25) is 0 Å². The molecule has 0 saturated carbocycles. The van der Waals surface area contributed by atoms with Crippen LogP contribution in [0.4, 0.5) is 4.79 Å². The molecule has 0 bridgehead atoms. The molecule has 1 unspecified atom stereocenters. The summed E-state index contributed by atoms with van der Waals surface area (Å²) in [5.41, 5.74) is 2.34. The van der Waals surface area contributed by atoms with Crippen LogP contribution in [0.3, 0.4) is 0 Å². The molecule has 0 aliphatic carbocycles. The Morgan fingerprint density at radius 1 is 1.43 bits per heavy atom. The average molecular weight is 330 g/mol. The standard InChI is InChI=1S/C16H18N4O2S/c1-16(2,3)12(20-15(21)22)14-19-11(8-23-14)10-7-18-13-9(10)5-4-6-17-13/h4-8,12,20H,1-3H3,(H,17,18)(H,21,22). The lowest BCUT2D eigenvalue weighted by molar-refractivity contribution is 0.175. The van der Waals surface area contributed by atoms with E-state index < -0.39 is 6.09 Å². The molecule has 3 heterocycles. The molecule has 3 rings (SSSR count). The number of fused-ring (bicyclic) bond motifs is 1. The molecule has 3 aromatic rings. The number of nitrogens with one attached hydrogen (secondary N) is 2. The first-order valence-electron chi connectivity index (χ1n) is 7.23. The summed E-state index contributed by atoms with van der Waals surface area (Å²) in [6.07, 6.45) is 2.58. The van der Waals surface area contributed by atoms with E-state index in [1.54, 1.807) is 6.20 Å². The van der Waals surface area contributed by atoms with Gasteiger partial charge in [-0.05, 0) is 17.5 Å². The number of thiazole rings is 1. The van der Waals surface area contributed by atoms with Gasteiger partial charge in [-0.15, -0.1) is 11.3 Å². The van der Waals surface area contributed by atoms with Crippen molar-refractivity contribution in [1.29, 1.82) is 0 Å². The van der Waals surface area contributed by atoms with Crippen LogP contribution < -0.4 is 5.32 Å². The van der Waals surface area contributed by atoms with Crippen molar-refractivity contribution in [3.8, 4) is 11.3 Å². The van der Waals surface area contributed by atoms with Gasteiger partial charge in [0.05, 0.1) is 11.7 Å². The second-order valence-corrected chi connectivity index (χ2v) is 7.31. The van der Waals surface area contributed by atoms with Crippen molar-refractivity contribution >= 4 is 28.5 Å². The Balaban J connectivity index is 2.00. The van der Waals surface area contributed by atoms with E-state index in [0.717, 1.165) is 27.3 Å². The lowest BCUT2D eigenvalue weighted by Crippen LogP contribution is -2.35. The molecule has 0 saturated heterocycles. The zero-order valence-electron chi connectivity index (χ0n) is 13.1. The Bertz CT molecular complexity index is 847. The molecule has 0 fully saturated rings. The second-order valence-electron chi connectivity index (χ2n) is 6.42. The molecule has 0 spiro atoms. The van der Waals surface area contributed by atoms with Gasteiger partial charge in [0.25, 0.3) is 0 Å². The van der Waals surface area contributed by atoms with Gasteiger partial charge in [-0.2, -0.15) is 0 Å². The third-order valence-electron chi connectivity index (χ3n) is 3.63. The van der Waals surface area contributed by atoms with Crippen molar-refractivity contribution in [2.75, 3.05) is 0 Å². The molecule has 6 nitrogen and oxygen atoms in total. The zero-order chi connectivity index (χ0) is 16.6. The minimum Gasteiger partial charge on any atom is -0.465 e. The van der Waals surface area contributed by atoms with Crippen LogP contribution in [0, 0.1) is 5.41 Å². The molecule has 0 aromatic carbocycles. The number of pyridine rings is 1. The average Bonchev–Trinajstić information content (AvgIpc) is 3.09. The van der Waals surface area contributed by atoms with Crippen molar-refractivity contribution in [1.82, 2.24) is 20.3 Å². The minimum atomic E-state index is -1.04. The van der Waals surface area contributed by atoms with E-state index >= 15 is 0 Å². The van der Waals surface area contributed by atoms with Crippen LogP contribution in [-0.2, 0) is 0 Å². The lowest BCUT2D eigenvalue weighted by Gasteiger charge is -2.28. The highest BCUT2D eigenvalue weighted by atomic mass is 32.1. The van der Waals surface area contributed by atoms with Crippen LogP contribution in [0.25, 0.3) is 22.3 Å². The van der Waals surface area contributed by atoms with E-state index in [0.29, 0.717) is 0 Å². The molecule has 120 valence electrons. The van der Waals surface area contributed by atoms with Gasteiger partial charge in [0.15, 0.2) is 0 Å². The Morgan fingerprint density at radius 3 is 2.91 bits per heavy atom. The SMILES string of the molecule is CC(C)(C)C(NC(=O)O)c1nc(-c2c[nH]c3ncccc23)cs1. The maximum atomic E-state index is 11.1. The normalized spacial score (nSPS) is 13.2. The molecule has 0 radical (unpaired) electrons. The summed E-state index contributed by atoms with van der Waals surface area (Å²) < 4.78 is 0. The molecule has 1 amide bonds.